The highest BCUT2D eigenvalue weighted by Crippen LogP contribution is 2.20. The molecule has 0 aromatic heterocycles. The van der Waals surface area contributed by atoms with Crippen LogP contribution >= 0.6 is 0 Å². The van der Waals surface area contributed by atoms with Crippen molar-refractivity contribution in [2.75, 3.05) is 25.8 Å². The molecule has 1 unspecified atom stereocenters. The lowest BCUT2D eigenvalue weighted by atomic mass is 10.1. The smallest absolute Gasteiger partial charge is 0.272 e. The minimum atomic E-state index is -4.40. The second-order valence-electron chi connectivity index (χ2n) is 5.57. The Hall–Kier alpha value is -1.52. The van der Waals surface area contributed by atoms with E-state index in [1.165, 1.54) is 0 Å². The highest BCUT2D eigenvalue weighted by atomic mass is 32.2. The molecule has 8 nitrogen and oxygen atoms in total. The molecule has 0 aliphatic carbocycles. The maximum atomic E-state index is 12.2. The summed E-state index contributed by atoms with van der Waals surface area (Å²) < 4.78 is 29.9. The van der Waals surface area contributed by atoms with Gasteiger partial charge in [-0.25, -0.2) is 8.42 Å². The minimum absolute atomic E-state index is 0.291. The number of hydroxylamine groups is 1. The number of aliphatic hydroxyl groups is 1. The molecule has 9 heteroatoms. The SMILES string of the molecule is CCCCOCON(C)S(=O)(=O)C(O)C(=O)Nc1c(C)cccc1C. The number of nitrogens with one attached hydrogen (secondary N) is 1. The van der Waals surface area contributed by atoms with Gasteiger partial charge in [0.25, 0.3) is 21.4 Å². The van der Waals surface area contributed by atoms with Gasteiger partial charge in [0.2, 0.25) is 0 Å². The maximum absolute atomic E-state index is 12.2. The predicted octanol–water partition coefficient (Wildman–Crippen LogP) is 1.53. The zero-order chi connectivity index (χ0) is 19.0. The van der Waals surface area contributed by atoms with Crippen LogP contribution in [0.15, 0.2) is 18.2 Å². The molecule has 0 saturated heterocycles. The number of aliphatic hydroxyl groups excluding tert-OH is 1. The highest BCUT2D eigenvalue weighted by Gasteiger charge is 2.35. The number of nitrogens with zero attached hydrogens (tertiary/aromatic N) is 1. The number of unbranched alkanes of at least 4 members (excludes halogenated alkanes) is 1. The largest absolute Gasteiger partial charge is 0.368 e. The molecule has 0 bridgehead atoms. The van der Waals surface area contributed by atoms with Crippen LogP contribution in [0.5, 0.6) is 0 Å². The van der Waals surface area contributed by atoms with Crippen LogP contribution in [0.1, 0.15) is 30.9 Å². The summed E-state index contributed by atoms with van der Waals surface area (Å²) in [5.41, 5.74) is -0.320. The van der Waals surface area contributed by atoms with E-state index < -0.39 is 21.4 Å². The fraction of sp³-hybridized carbons (Fsp3) is 0.562. The van der Waals surface area contributed by atoms with E-state index in [0.29, 0.717) is 16.8 Å². The number of ether oxygens (including phenoxy) is 1. The number of carbonyl (C=O) groups is 1. The third-order valence-corrected chi connectivity index (χ3v) is 5.15. The summed E-state index contributed by atoms with van der Waals surface area (Å²) in [6.45, 7) is 5.67. The summed E-state index contributed by atoms with van der Waals surface area (Å²) in [5, 5.41) is 12.4. The molecule has 0 radical (unpaired) electrons. The van der Waals surface area contributed by atoms with Crippen LogP contribution in [-0.2, 0) is 24.4 Å². The Morgan fingerprint density at radius 3 is 2.48 bits per heavy atom. The second-order valence-corrected chi connectivity index (χ2v) is 7.56. The number of para-hydroxylation sites is 1. The van der Waals surface area contributed by atoms with Crippen molar-refractivity contribution < 1.29 is 27.9 Å². The van der Waals surface area contributed by atoms with Gasteiger partial charge in [0.05, 0.1) is 0 Å². The molecule has 1 atom stereocenters. The van der Waals surface area contributed by atoms with Gasteiger partial charge in [-0.3, -0.25) is 9.63 Å². The number of hydrogen-bond acceptors (Lipinski definition) is 6. The number of benzene rings is 1. The van der Waals surface area contributed by atoms with Crippen molar-refractivity contribution in [3.05, 3.63) is 29.3 Å². The normalized spacial score (nSPS) is 13.0. The topological polar surface area (TPSA) is 105 Å². The summed E-state index contributed by atoms with van der Waals surface area (Å²) in [4.78, 5) is 17.0. The minimum Gasteiger partial charge on any atom is -0.368 e. The Kier molecular flexibility index (Phi) is 8.46. The summed E-state index contributed by atoms with van der Waals surface area (Å²) in [7, 11) is -3.31. The van der Waals surface area contributed by atoms with Crippen molar-refractivity contribution >= 4 is 21.6 Å². The number of aryl methyl sites for hydroxylation is 2. The number of anilines is 1. The number of sulfonamides is 1. The van der Waals surface area contributed by atoms with Crippen LogP contribution in [0, 0.1) is 13.8 Å². The monoisotopic (exact) mass is 374 g/mol. The van der Waals surface area contributed by atoms with Gasteiger partial charge in [-0.2, -0.15) is 0 Å². The third kappa shape index (κ3) is 6.05. The second kappa shape index (κ2) is 9.83. The standard InChI is InChI=1S/C16H26N2O6S/c1-5-6-10-23-11-24-18(4)25(21,22)16(20)15(19)17-14-12(2)8-7-9-13(14)3/h7-9,16,20H,5-6,10-11H2,1-4H3,(H,17,19). The zero-order valence-corrected chi connectivity index (χ0v) is 15.8. The van der Waals surface area contributed by atoms with E-state index in [-0.39, 0.29) is 6.79 Å². The molecule has 0 aliphatic heterocycles. The molecular formula is C16H26N2O6S. The van der Waals surface area contributed by atoms with Crippen LogP contribution in [0.25, 0.3) is 0 Å². The van der Waals surface area contributed by atoms with Crippen LogP contribution < -0.4 is 5.32 Å². The fourth-order valence-electron chi connectivity index (χ4n) is 1.96. The van der Waals surface area contributed by atoms with E-state index in [1.807, 2.05) is 13.0 Å². The third-order valence-electron chi connectivity index (χ3n) is 3.55. The fourth-order valence-corrected chi connectivity index (χ4v) is 2.76. The highest BCUT2D eigenvalue weighted by molar-refractivity contribution is 7.90. The van der Waals surface area contributed by atoms with E-state index in [0.717, 1.165) is 31.0 Å². The number of carbonyl (C=O) groups excluding carboxylic acids is 1. The molecule has 1 amide bonds. The van der Waals surface area contributed by atoms with Gasteiger partial charge in [-0.1, -0.05) is 36.0 Å². The van der Waals surface area contributed by atoms with E-state index in [1.54, 1.807) is 26.0 Å². The van der Waals surface area contributed by atoms with Crippen molar-refractivity contribution in [3.63, 3.8) is 0 Å². The van der Waals surface area contributed by atoms with Gasteiger partial charge in [0.15, 0.2) is 6.79 Å². The lowest BCUT2D eigenvalue weighted by molar-refractivity contribution is -0.164. The number of hydrogen-bond donors (Lipinski definition) is 2. The Balaban J connectivity index is 2.69. The van der Waals surface area contributed by atoms with Gasteiger partial charge in [-0.15, -0.1) is 0 Å². The van der Waals surface area contributed by atoms with Crippen molar-refractivity contribution in [1.82, 2.24) is 4.47 Å². The predicted molar refractivity (Wildman–Crippen MR) is 94.0 cm³/mol. The van der Waals surface area contributed by atoms with Crippen LogP contribution in [0.4, 0.5) is 5.69 Å². The summed E-state index contributed by atoms with van der Waals surface area (Å²) in [5.74, 6) is -1.06. The van der Waals surface area contributed by atoms with E-state index in [4.69, 9.17) is 9.57 Å². The molecular weight excluding hydrogens is 348 g/mol. The Morgan fingerprint density at radius 2 is 1.92 bits per heavy atom. The summed E-state index contributed by atoms with van der Waals surface area (Å²) >= 11 is 0. The first-order valence-electron chi connectivity index (χ1n) is 7.95. The lowest BCUT2D eigenvalue weighted by Crippen LogP contribution is -2.43. The van der Waals surface area contributed by atoms with Crippen molar-refractivity contribution in [3.8, 4) is 0 Å². The molecule has 142 valence electrons. The first-order valence-corrected chi connectivity index (χ1v) is 9.45. The van der Waals surface area contributed by atoms with Crippen LogP contribution in [-0.4, -0.2) is 49.8 Å². The quantitative estimate of drug-likeness (QED) is 0.365. The van der Waals surface area contributed by atoms with Gasteiger partial charge < -0.3 is 15.2 Å². The summed E-state index contributed by atoms with van der Waals surface area (Å²) in [6, 6.07) is 5.35. The van der Waals surface area contributed by atoms with Gasteiger partial charge >= 0.3 is 0 Å². The molecule has 0 saturated carbocycles. The first kappa shape index (κ1) is 21.5. The maximum Gasteiger partial charge on any atom is 0.272 e. The van der Waals surface area contributed by atoms with E-state index >= 15 is 0 Å². The van der Waals surface area contributed by atoms with E-state index in [9.17, 15) is 18.3 Å². The van der Waals surface area contributed by atoms with Crippen molar-refractivity contribution in [2.24, 2.45) is 0 Å². The number of amides is 1. The molecule has 0 aliphatic rings. The Morgan fingerprint density at radius 1 is 1.32 bits per heavy atom. The van der Waals surface area contributed by atoms with Crippen LogP contribution in [0.3, 0.4) is 0 Å². The molecule has 1 aromatic rings. The average molecular weight is 374 g/mol. The molecule has 0 heterocycles. The van der Waals surface area contributed by atoms with Gasteiger partial charge in [-0.05, 0) is 31.4 Å². The molecule has 1 aromatic carbocycles. The van der Waals surface area contributed by atoms with Crippen LogP contribution in [0.2, 0.25) is 0 Å². The molecule has 1 rings (SSSR count). The Labute approximate surface area is 148 Å². The first-order chi connectivity index (χ1) is 11.7. The van der Waals surface area contributed by atoms with Crippen molar-refractivity contribution in [2.45, 2.75) is 39.0 Å². The molecule has 25 heavy (non-hydrogen) atoms. The van der Waals surface area contributed by atoms with Crippen molar-refractivity contribution in [1.29, 1.82) is 0 Å². The molecule has 2 N–H and O–H groups in total. The van der Waals surface area contributed by atoms with Gasteiger partial charge in [0.1, 0.15) is 0 Å². The lowest BCUT2D eigenvalue weighted by Gasteiger charge is -2.20. The Bertz CT molecular complexity index is 657. The number of rotatable bonds is 10. The molecule has 0 spiro atoms. The summed E-state index contributed by atoms with van der Waals surface area (Å²) in [6.07, 6.45) is 1.76. The average Bonchev–Trinajstić information content (AvgIpc) is 2.56. The zero-order valence-electron chi connectivity index (χ0n) is 15.0. The molecule has 0 fully saturated rings. The van der Waals surface area contributed by atoms with E-state index in [2.05, 4.69) is 5.32 Å². The van der Waals surface area contributed by atoms with Gasteiger partial charge in [0, 0.05) is 19.3 Å².